The molecule has 0 aliphatic heterocycles. The molecule has 0 amide bonds. The second kappa shape index (κ2) is 5.16. The van der Waals surface area contributed by atoms with Gasteiger partial charge in [-0.15, -0.1) is 0 Å². The molecule has 0 unspecified atom stereocenters. The number of carbonyl (C=O) groups excluding carboxylic acids is 1. The average molecular weight is 274 g/mol. The molecule has 20 heavy (non-hydrogen) atoms. The zero-order valence-electron chi connectivity index (χ0n) is 11.7. The van der Waals surface area contributed by atoms with E-state index in [1.54, 1.807) is 45.0 Å². The van der Waals surface area contributed by atoms with Gasteiger partial charge < -0.3 is 0 Å². The Bertz CT molecular complexity index is 643. The van der Waals surface area contributed by atoms with Crippen LogP contribution >= 0.6 is 0 Å². The SMILES string of the molecule is Cc1ccc(C(=O)C(C)(C)c2ccc(F)cc2)cc1F. The summed E-state index contributed by atoms with van der Waals surface area (Å²) in [6, 6.07) is 10.3. The molecule has 0 saturated heterocycles. The molecule has 0 spiro atoms. The summed E-state index contributed by atoms with van der Waals surface area (Å²) in [4.78, 5) is 12.6. The molecule has 2 aromatic carbocycles. The minimum absolute atomic E-state index is 0.192. The highest BCUT2D eigenvalue weighted by atomic mass is 19.1. The Morgan fingerprint density at radius 1 is 1.00 bits per heavy atom. The molecule has 1 nitrogen and oxygen atoms in total. The van der Waals surface area contributed by atoms with E-state index in [0.717, 1.165) is 0 Å². The largest absolute Gasteiger partial charge is 0.293 e. The Kier molecular flexibility index (Phi) is 3.71. The Hall–Kier alpha value is -2.03. The molecular weight excluding hydrogens is 258 g/mol. The van der Waals surface area contributed by atoms with Gasteiger partial charge in [-0.2, -0.15) is 0 Å². The Morgan fingerprint density at radius 2 is 1.60 bits per heavy atom. The van der Waals surface area contributed by atoms with E-state index < -0.39 is 11.2 Å². The summed E-state index contributed by atoms with van der Waals surface area (Å²) >= 11 is 0. The summed E-state index contributed by atoms with van der Waals surface area (Å²) in [5, 5.41) is 0. The van der Waals surface area contributed by atoms with Gasteiger partial charge in [0.05, 0.1) is 5.41 Å². The minimum atomic E-state index is -0.838. The van der Waals surface area contributed by atoms with Gasteiger partial charge in [0.25, 0.3) is 0 Å². The lowest BCUT2D eigenvalue weighted by Crippen LogP contribution is -2.29. The summed E-state index contributed by atoms with van der Waals surface area (Å²) in [5.41, 5.74) is 0.684. The molecule has 0 N–H and O–H groups in total. The lowest BCUT2D eigenvalue weighted by molar-refractivity contribution is 0.0908. The fourth-order valence-electron chi connectivity index (χ4n) is 2.09. The summed E-state index contributed by atoms with van der Waals surface area (Å²) in [7, 11) is 0. The van der Waals surface area contributed by atoms with Crippen molar-refractivity contribution in [2.45, 2.75) is 26.2 Å². The maximum atomic E-state index is 13.6. The van der Waals surface area contributed by atoms with Gasteiger partial charge in [0, 0.05) is 5.56 Å². The van der Waals surface area contributed by atoms with Crippen LogP contribution in [0.25, 0.3) is 0 Å². The summed E-state index contributed by atoms with van der Waals surface area (Å²) in [5.74, 6) is -0.938. The van der Waals surface area contributed by atoms with Crippen molar-refractivity contribution >= 4 is 5.78 Å². The Labute approximate surface area is 117 Å². The van der Waals surface area contributed by atoms with Gasteiger partial charge in [0.15, 0.2) is 5.78 Å². The lowest BCUT2D eigenvalue weighted by Gasteiger charge is -2.24. The first-order valence-corrected chi connectivity index (χ1v) is 6.39. The van der Waals surface area contributed by atoms with Gasteiger partial charge >= 0.3 is 0 Å². The van der Waals surface area contributed by atoms with E-state index >= 15 is 0 Å². The first kappa shape index (κ1) is 14.4. The molecule has 2 rings (SSSR count). The van der Waals surface area contributed by atoms with Crippen molar-refractivity contribution in [1.29, 1.82) is 0 Å². The van der Waals surface area contributed by atoms with Gasteiger partial charge in [-0.05, 0) is 50.1 Å². The second-order valence-corrected chi connectivity index (χ2v) is 5.42. The zero-order chi connectivity index (χ0) is 14.9. The van der Waals surface area contributed by atoms with Crippen LogP contribution in [0.1, 0.15) is 35.3 Å². The van der Waals surface area contributed by atoms with Crippen molar-refractivity contribution in [3.63, 3.8) is 0 Å². The van der Waals surface area contributed by atoms with E-state index in [-0.39, 0.29) is 11.6 Å². The molecule has 0 heterocycles. The predicted octanol–water partition coefficient (Wildman–Crippen LogP) is 4.43. The van der Waals surface area contributed by atoms with Crippen LogP contribution in [-0.4, -0.2) is 5.78 Å². The van der Waals surface area contributed by atoms with E-state index in [9.17, 15) is 13.6 Å². The Balaban J connectivity index is 2.39. The molecule has 104 valence electrons. The zero-order valence-corrected chi connectivity index (χ0v) is 11.7. The number of rotatable bonds is 3. The lowest BCUT2D eigenvalue weighted by atomic mass is 9.78. The summed E-state index contributed by atoms with van der Waals surface area (Å²) < 4.78 is 26.5. The van der Waals surface area contributed by atoms with E-state index in [1.165, 1.54) is 18.2 Å². The van der Waals surface area contributed by atoms with E-state index in [4.69, 9.17) is 0 Å². The quantitative estimate of drug-likeness (QED) is 0.756. The normalized spacial score (nSPS) is 11.4. The van der Waals surface area contributed by atoms with Crippen molar-refractivity contribution in [2.75, 3.05) is 0 Å². The van der Waals surface area contributed by atoms with Crippen molar-refractivity contribution in [2.24, 2.45) is 0 Å². The molecule has 0 bridgehead atoms. The van der Waals surface area contributed by atoms with Crippen LogP contribution in [-0.2, 0) is 5.41 Å². The van der Waals surface area contributed by atoms with E-state index in [0.29, 0.717) is 16.7 Å². The topological polar surface area (TPSA) is 17.1 Å². The van der Waals surface area contributed by atoms with Crippen molar-refractivity contribution < 1.29 is 13.6 Å². The molecule has 3 heteroatoms. The number of hydrogen-bond donors (Lipinski definition) is 0. The van der Waals surface area contributed by atoms with Crippen LogP contribution in [0.4, 0.5) is 8.78 Å². The molecule has 0 aliphatic carbocycles. The predicted molar refractivity (Wildman–Crippen MR) is 74.9 cm³/mol. The third-order valence-corrected chi connectivity index (χ3v) is 3.57. The van der Waals surface area contributed by atoms with Crippen LogP contribution in [0.5, 0.6) is 0 Å². The molecular formula is C17H16F2O. The molecule has 0 atom stereocenters. The molecule has 0 radical (unpaired) electrons. The third kappa shape index (κ3) is 2.62. The number of aryl methyl sites for hydroxylation is 1. The maximum absolute atomic E-state index is 13.6. The first-order chi connectivity index (χ1) is 9.32. The minimum Gasteiger partial charge on any atom is -0.293 e. The highest BCUT2D eigenvalue weighted by Crippen LogP contribution is 2.28. The van der Waals surface area contributed by atoms with E-state index in [2.05, 4.69) is 0 Å². The van der Waals surface area contributed by atoms with Crippen LogP contribution in [0.2, 0.25) is 0 Å². The van der Waals surface area contributed by atoms with E-state index in [1.807, 2.05) is 0 Å². The smallest absolute Gasteiger partial charge is 0.172 e. The monoisotopic (exact) mass is 274 g/mol. The van der Waals surface area contributed by atoms with Gasteiger partial charge in [-0.3, -0.25) is 4.79 Å². The number of benzene rings is 2. The number of Topliss-reactive ketones (excluding diaryl/α,β-unsaturated/α-hetero) is 1. The fraction of sp³-hybridized carbons (Fsp3) is 0.235. The molecule has 0 fully saturated rings. The Morgan fingerprint density at radius 3 is 2.15 bits per heavy atom. The summed E-state index contributed by atoms with van der Waals surface area (Å²) in [6.07, 6.45) is 0. The van der Waals surface area contributed by atoms with Crippen LogP contribution in [0.15, 0.2) is 42.5 Å². The van der Waals surface area contributed by atoms with Crippen molar-refractivity contribution in [3.05, 3.63) is 70.8 Å². The third-order valence-electron chi connectivity index (χ3n) is 3.57. The molecule has 0 aromatic heterocycles. The van der Waals surface area contributed by atoms with Gasteiger partial charge in [-0.25, -0.2) is 8.78 Å². The van der Waals surface area contributed by atoms with Crippen LogP contribution < -0.4 is 0 Å². The fourth-order valence-corrected chi connectivity index (χ4v) is 2.09. The highest BCUT2D eigenvalue weighted by Gasteiger charge is 2.30. The van der Waals surface area contributed by atoms with Gasteiger partial charge in [0.1, 0.15) is 11.6 Å². The van der Waals surface area contributed by atoms with Crippen molar-refractivity contribution in [1.82, 2.24) is 0 Å². The van der Waals surface area contributed by atoms with Gasteiger partial charge in [0.2, 0.25) is 0 Å². The van der Waals surface area contributed by atoms with Gasteiger partial charge in [-0.1, -0.05) is 24.3 Å². The molecule has 0 saturated carbocycles. The second-order valence-electron chi connectivity index (χ2n) is 5.42. The number of carbonyl (C=O) groups is 1. The van der Waals surface area contributed by atoms with Crippen LogP contribution in [0.3, 0.4) is 0 Å². The molecule has 2 aromatic rings. The number of hydrogen-bond acceptors (Lipinski definition) is 1. The standard InChI is InChI=1S/C17H16F2O/c1-11-4-5-12(10-15(11)19)16(20)17(2,3)13-6-8-14(18)9-7-13/h4-10H,1-3H3. The molecule has 0 aliphatic rings. The average Bonchev–Trinajstić information content (AvgIpc) is 2.41. The van der Waals surface area contributed by atoms with Crippen molar-refractivity contribution in [3.8, 4) is 0 Å². The highest BCUT2D eigenvalue weighted by molar-refractivity contribution is 6.03. The number of ketones is 1. The van der Waals surface area contributed by atoms with Crippen LogP contribution in [0, 0.1) is 18.6 Å². The maximum Gasteiger partial charge on any atom is 0.172 e. The summed E-state index contributed by atoms with van der Waals surface area (Å²) in [6.45, 7) is 5.15. The number of halogens is 2. The first-order valence-electron chi connectivity index (χ1n) is 6.39.